The first kappa shape index (κ1) is 27.5. The van der Waals surface area contributed by atoms with Crippen LogP contribution in [0.3, 0.4) is 0 Å². The number of rotatable bonds is 5. The van der Waals surface area contributed by atoms with Crippen LogP contribution in [0.4, 0.5) is 26.3 Å². The zero-order valence-electron chi connectivity index (χ0n) is 19.4. The molecule has 4 rings (SSSR count). The average Bonchev–Trinajstić information content (AvgIpc) is 3.29. The van der Waals surface area contributed by atoms with Crippen LogP contribution in [0.5, 0.6) is 0 Å². The molecule has 1 fully saturated rings. The molecule has 1 aliphatic rings. The zero-order chi connectivity index (χ0) is 26.6. The molecule has 0 atom stereocenters. The molecule has 0 saturated carbocycles. The van der Waals surface area contributed by atoms with E-state index in [4.69, 9.17) is 14.6 Å². The van der Waals surface area contributed by atoms with E-state index in [0.717, 1.165) is 37.4 Å². The van der Waals surface area contributed by atoms with Gasteiger partial charge in [0.2, 0.25) is 0 Å². The number of alkyl halides is 6. The summed E-state index contributed by atoms with van der Waals surface area (Å²) >= 11 is 0. The number of H-pyrrole nitrogens is 1. The van der Waals surface area contributed by atoms with Crippen molar-refractivity contribution >= 4 is 16.9 Å². The number of hydrogen-bond donors (Lipinski definition) is 2. The van der Waals surface area contributed by atoms with E-state index in [2.05, 4.69) is 29.1 Å². The van der Waals surface area contributed by atoms with E-state index in [1.807, 2.05) is 18.2 Å². The Morgan fingerprint density at radius 1 is 1.06 bits per heavy atom. The number of carbonyl (C=O) groups is 1. The molecule has 2 heterocycles. The van der Waals surface area contributed by atoms with Gasteiger partial charge in [-0.1, -0.05) is 30.3 Å². The summed E-state index contributed by atoms with van der Waals surface area (Å²) in [5, 5.41) is 7.90. The standard InChI is InChI=1S/C23H25F3N2O.C2HF3O2/c1-28-11-8-22(9-12-28,18-5-3-2-4-6-18)16-29-15-17-13-19(23(24,25)26)14-21-20(17)7-10-27-21;3-2(4,5)1(6)7/h2-7,10,13-14,27H,8-9,11-12,15-16H2,1H3;(H,6,7). The van der Waals surface area contributed by atoms with Crippen LogP contribution in [-0.2, 0) is 27.7 Å². The molecule has 0 radical (unpaired) electrons. The van der Waals surface area contributed by atoms with E-state index in [-0.39, 0.29) is 12.0 Å². The van der Waals surface area contributed by atoms with Crippen LogP contribution >= 0.6 is 0 Å². The Hall–Kier alpha value is -3.05. The molecular formula is C25H26F6N2O3. The Morgan fingerprint density at radius 2 is 1.67 bits per heavy atom. The molecule has 3 aromatic rings. The van der Waals surface area contributed by atoms with Crippen molar-refractivity contribution < 1.29 is 41.0 Å². The molecule has 196 valence electrons. The molecule has 0 aliphatic carbocycles. The number of fused-ring (bicyclic) bond motifs is 1. The number of carboxylic acid groups (broad SMARTS) is 1. The molecule has 1 saturated heterocycles. The Kier molecular flexibility index (Phi) is 8.35. The van der Waals surface area contributed by atoms with Crippen molar-refractivity contribution in [3.63, 3.8) is 0 Å². The van der Waals surface area contributed by atoms with Gasteiger partial charge in [-0.25, -0.2) is 4.79 Å². The second-order valence-electron chi connectivity index (χ2n) is 8.82. The fourth-order valence-electron chi connectivity index (χ4n) is 4.24. The van der Waals surface area contributed by atoms with Gasteiger partial charge in [-0.05, 0) is 62.3 Å². The minimum absolute atomic E-state index is 0.104. The number of nitrogens with one attached hydrogen (secondary N) is 1. The summed E-state index contributed by atoms with van der Waals surface area (Å²) in [6.07, 6.45) is -5.87. The van der Waals surface area contributed by atoms with E-state index < -0.39 is 23.9 Å². The van der Waals surface area contributed by atoms with Gasteiger partial charge >= 0.3 is 18.3 Å². The summed E-state index contributed by atoms with van der Waals surface area (Å²) in [6, 6.07) is 14.5. The van der Waals surface area contributed by atoms with Gasteiger partial charge < -0.3 is 19.7 Å². The van der Waals surface area contributed by atoms with Crippen molar-refractivity contribution in [2.24, 2.45) is 0 Å². The molecule has 2 N–H and O–H groups in total. The fraction of sp³-hybridized carbons (Fsp3) is 0.400. The number of carboxylic acids is 1. The first-order valence-corrected chi connectivity index (χ1v) is 11.1. The summed E-state index contributed by atoms with van der Waals surface area (Å²) in [7, 11) is 2.11. The first-order valence-electron chi connectivity index (χ1n) is 11.1. The second-order valence-corrected chi connectivity index (χ2v) is 8.82. The summed E-state index contributed by atoms with van der Waals surface area (Å²) < 4.78 is 77.7. The fourth-order valence-corrected chi connectivity index (χ4v) is 4.24. The highest BCUT2D eigenvalue weighted by atomic mass is 19.4. The van der Waals surface area contributed by atoms with Crippen LogP contribution in [-0.4, -0.2) is 53.9 Å². The smallest absolute Gasteiger partial charge is 0.475 e. The van der Waals surface area contributed by atoms with Crippen molar-refractivity contribution in [3.05, 3.63) is 71.4 Å². The summed E-state index contributed by atoms with van der Waals surface area (Å²) in [4.78, 5) is 14.1. The van der Waals surface area contributed by atoms with Gasteiger partial charge in [0.15, 0.2) is 0 Å². The Bertz CT molecular complexity index is 1150. The molecule has 11 heteroatoms. The molecule has 0 spiro atoms. The summed E-state index contributed by atoms with van der Waals surface area (Å²) in [5.41, 5.74) is 1.53. The van der Waals surface area contributed by atoms with Gasteiger partial charge in [0.1, 0.15) is 0 Å². The number of ether oxygens (including phenoxy) is 1. The summed E-state index contributed by atoms with van der Waals surface area (Å²) in [6.45, 7) is 2.60. The van der Waals surface area contributed by atoms with Crippen LogP contribution in [0.2, 0.25) is 0 Å². The maximum absolute atomic E-state index is 13.3. The van der Waals surface area contributed by atoms with Crippen LogP contribution in [0.25, 0.3) is 10.9 Å². The largest absolute Gasteiger partial charge is 0.490 e. The number of halogens is 6. The van der Waals surface area contributed by atoms with E-state index >= 15 is 0 Å². The number of hydrogen-bond acceptors (Lipinski definition) is 3. The van der Waals surface area contributed by atoms with Crippen molar-refractivity contribution in [1.82, 2.24) is 9.88 Å². The maximum Gasteiger partial charge on any atom is 0.490 e. The lowest BCUT2D eigenvalue weighted by Crippen LogP contribution is -2.43. The zero-order valence-corrected chi connectivity index (χ0v) is 19.4. The van der Waals surface area contributed by atoms with Gasteiger partial charge in [-0.3, -0.25) is 0 Å². The van der Waals surface area contributed by atoms with E-state index in [0.29, 0.717) is 17.7 Å². The van der Waals surface area contributed by atoms with Gasteiger partial charge in [0.25, 0.3) is 0 Å². The number of aromatic amines is 1. The Balaban J connectivity index is 0.000000454. The molecule has 5 nitrogen and oxygen atoms in total. The van der Waals surface area contributed by atoms with Gasteiger partial charge in [0, 0.05) is 22.5 Å². The molecule has 1 aliphatic heterocycles. The Labute approximate surface area is 203 Å². The first-order chi connectivity index (χ1) is 16.8. The number of piperidine rings is 1. The second kappa shape index (κ2) is 10.9. The number of aromatic nitrogens is 1. The lowest BCUT2D eigenvalue weighted by atomic mass is 9.73. The van der Waals surface area contributed by atoms with Crippen LogP contribution in [0.1, 0.15) is 29.5 Å². The number of aliphatic carboxylic acids is 1. The third kappa shape index (κ3) is 6.79. The predicted molar refractivity (Wildman–Crippen MR) is 121 cm³/mol. The minimum atomic E-state index is -5.08. The normalized spacial score (nSPS) is 16.4. The highest BCUT2D eigenvalue weighted by molar-refractivity contribution is 5.83. The molecule has 0 bridgehead atoms. The third-order valence-electron chi connectivity index (χ3n) is 6.29. The molecular weight excluding hydrogens is 490 g/mol. The van der Waals surface area contributed by atoms with Crippen molar-refractivity contribution in [3.8, 4) is 0 Å². The molecule has 36 heavy (non-hydrogen) atoms. The molecule has 0 amide bonds. The molecule has 2 aromatic carbocycles. The quantitative estimate of drug-likeness (QED) is 0.409. The number of nitrogens with zero attached hydrogens (tertiary/aromatic N) is 1. The molecule has 1 aromatic heterocycles. The maximum atomic E-state index is 13.3. The monoisotopic (exact) mass is 516 g/mol. The van der Waals surface area contributed by atoms with E-state index in [1.54, 1.807) is 12.3 Å². The minimum Gasteiger partial charge on any atom is -0.475 e. The van der Waals surface area contributed by atoms with Gasteiger partial charge in [-0.15, -0.1) is 0 Å². The SMILES string of the molecule is CN1CCC(COCc2cc(C(F)(F)F)cc3[nH]ccc23)(c2ccccc2)CC1.O=C(O)C(F)(F)F. The van der Waals surface area contributed by atoms with Gasteiger partial charge in [0.05, 0.1) is 18.8 Å². The van der Waals surface area contributed by atoms with E-state index in [1.165, 1.54) is 11.6 Å². The third-order valence-corrected chi connectivity index (χ3v) is 6.29. The highest BCUT2D eigenvalue weighted by Crippen LogP contribution is 2.37. The van der Waals surface area contributed by atoms with E-state index in [9.17, 15) is 26.3 Å². The Morgan fingerprint density at radius 3 is 2.22 bits per heavy atom. The number of benzene rings is 2. The predicted octanol–water partition coefficient (Wildman–Crippen LogP) is 6.00. The van der Waals surface area contributed by atoms with Crippen LogP contribution < -0.4 is 0 Å². The lowest BCUT2D eigenvalue weighted by molar-refractivity contribution is -0.192. The average molecular weight is 516 g/mol. The van der Waals surface area contributed by atoms with Crippen LogP contribution in [0, 0.1) is 0 Å². The van der Waals surface area contributed by atoms with Crippen molar-refractivity contribution in [2.45, 2.75) is 37.2 Å². The van der Waals surface area contributed by atoms with Gasteiger partial charge in [-0.2, -0.15) is 26.3 Å². The molecule has 0 unspecified atom stereocenters. The lowest BCUT2D eigenvalue weighted by Gasteiger charge is -2.41. The topological polar surface area (TPSA) is 65.6 Å². The van der Waals surface area contributed by atoms with Crippen LogP contribution in [0.15, 0.2) is 54.7 Å². The summed E-state index contributed by atoms with van der Waals surface area (Å²) in [5.74, 6) is -2.76. The highest BCUT2D eigenvalue weighted by Gasteiger charge is 2.38. The van der Waals surface area contributed by atoms with Crippen molar-refractivity contribution in [2.75, 3.05) is 26.7 Å². The number of likely N-dealkylation sites (tertiary alicyclic amines) is 1. The van der Waals surface area contributed by atoms with Crippen molar-refractivity contribution in [1.29, 1.82) is 0 Å².